The first-order valence-corrected chi connectivity index (χ1v) is 6.41. The van der Waals surface area contributed by atoms with E-state index in [1.54, 1.807) is 6.07 Å². The maximum Gasteiger partial charge on any atom is 0.212 e. The molecule has 0 saturated heterocycles. The van der Waals surface area contributed by atoms with Gasteiger partial charge >= 0.3 is 0 Å². The van der Waals surface area contributed by atoms with Crippen molar-refractivity contribution in [1.29, 1.82) is 0 Å². The van der Waals surface area contributed by atoms with E-state index in [0.717, 1.165) is 11.4 Å². The van der Waals surface area contributed by atoms with Crippen molar-refractivity contribution in [3.63, 3.8) is 0 Å². The molecule has 17 heavy (non-hydrogen) atoms. The van der Waals surface area contributed by atoms with E-state index in [2.05, 4.69) is 22.4 Å². The third-order valence-electron chi connectivity index (χ3n) is 2.77. The highest BCUT2D eigenvalue weighted by molar-refractivity contribution is 7.99. The van der Waals surface area contributed by atoms with Crippen LogP contribution in [0, 0.1) is 5.95 Å². The molecule has 4 heteroatoms. The van der Waals surface area contributed by atoms with Crippen molar-refractivity contribution < 1.29 is 4.39 Å². The molecule has 1 N–H and O–H groups in total. The molecule has 2 nitrogen and oxygen atoms in total. The molecule has 0 amide bonds. The zero-order valence-electron chi connectivity index (χ0n) is 9.06. The van der Waals surface area contributed by atoms with Gasteiger partial charge in [0.1, 0.15) is 0 Å². The molecule has 0 fully saturated rings. The molecule has 0 bridgehead atoms. The van der Waals surface area contributed by atoms with E-state index in [1.807, 2.05) is 23.9 Å². The minimum atomic E-state index is -0.447. The Morgan fingerprint density at radius 2 is 2.12 bits per heavy atom. The van der Waals surface area contributed by atoms with Crippen molar-refractivity contribution in [2.45, 2.75) is 10.9 Å². The molecular formula is C13H11FN2S. The van der Waals surface area contributed by atoms with Crippen molar-refractivity contribution in [3.8, 4) is 0 Å². The van der Waals surface area contributed by atoms with Crippen molar-refractivity contribution in [3.05, 3.63) is 54.1 Å². The number of benzene rings is 1. The summed E-state index contributed by atoms with van der Waals surface area (Å²) in [4.78, 5) is 4.96. The number of pyridine rings is 1. The Morgan fingerprint density at radius 1 is 1.24 bits per heavy atom. The molecule has 3 rings (SSSR count). The number of hydrogen-bond acceptors (Lipinski definition) is 3. The third-order valence-corrected chi connectivity index (χ3v) is 3.95. The van der Waals surface area contributed by atoms with E-state index in [9.17, 15) is 4.39 Å². The van der Waals surface area contributed by atoms with Gasteiger partial charge in [-0.15, -0.1) is 11.8 Å². The van der Waals surface area contributed by atoms with Crippen LogP contribution in [0.5, 0.6) is 0 Å². The number of halogens is 1. The molecule has 0 aliphatic carbocycles. The topological polar surface area (TPSA) is 24.9 Å². The van der Waals surface area contributed by atoms with E-state index in [1.165, 1.54) is 22.7 Å². The average Bonchev–Trinajstić information content (AvgIpc) is 2.76. The number of fused-ring (bicyclic) bond motifs is 1. The number of thioether (sulfide) groups is 1. The Hall–Kier alpha value is -1.55. The van der Waals surface area contributed by atoms with Crippen LogP contribution in [0.1, 0.15) is 11.6 Å². The predicted octanol–water partition coefficient (Wildman–Crippen LogP) is 3.48. The third kappa shape index (κ3) is 2.13. The van der Waals surface area contributed by atoms with Crippen molar-refractivity contribution in [2.24, 2.45) is 0 Å². The molecule has 0 radical (unpaired) electrons. The molecule has 1 aliphatic rings. The Balaban J connectivity index is 1.81. The van der Waals surface area contributed by atoms with Gasteiger partial charge in [-0.05, 0) is 23.8 Å². The minimum Gasteiger partial charge on any atom is -0.376 e. The summed E-state index contributed by atoms with van der Waals surface area (Å²) in [5.74, 6) is 0.549. The molecule has 2 aromatic rings. The lowest BCUT2D eigenvalue weighted by Crippen LogP contribution is -2.09. The molecular weight excluding hydrogens is 235 g/mol. The number of rotatable bonds is 2. The standard InChI is InChI=1S/C13H11FN2S/c14-13-6-5-9(7-15-13)16-11-8-17-12-4-2-1-3-10(11)12/h1-7,11,16H,8H2. The summed E-state index contributed by atoms with van der Waals surface area (Å²) in [7, 11) is 0. The highest BCUT2D eigenvalue weighted by atomic mass is 32.2. The molecule has 1 aromatic heterocycles. The second-order valence-corrected chi connectivity index (χ2v) is 4.98. The average molecular weight is 246 g/mol. The van der Waals surface area contributed by atoms with Gasteiger partial charge in [0.25, 0.3) is 0 Å². The summed E-state index contributed by atoms with van der Waals surface area (Å²) in [6.45, 7) is 0. The first-order chi connectivity index (χ1) is 8.33. The van der Waals surface area contributed by atoms with Crippen LogP contribution in [0.4, 0.5) is 10.1 Å². The second kappa shape index (κ2) is 4.37. The number of nitrogens with zero attached hydrogens (tertiary/aromatic N) is 1. The first kappa shape index (κ1) is 10.6. The molecule has 1 aromatic carbocycles. The van der Waals surface area contributed by atoms with Crippen molar-refractivity contribution >= 4 is 17.4 Å². The zero-order valence-corrected chi connectivity index (χ0v) is 9.88. The summed E-state index contributed by atoms with van der Waals surface area (Å²) in [5.41, 5.74) is 2.16. The number of aromatic nitrogens is 1. The molecule has 0 spiro atoms. The summed E-state index contributed by atoms with van der Waals surface area (Å²) >= 11 is 1.84. The van der Waals surface area contributed by atoms with Crippen LogP contribution in [0.15, 0.2) is 47.5 Å². The maximum atomic E-state index is 12.7. The smallest absolute Gasteiger partial charge is 0.212 e. The monoisotopic (exact) mass is 246 g/mol. The van der Waals surface area contributed by atoms with Crippen LogP contribution < -0.4 is 5.32 Å². The molecule has 86 valence electrons. The first-order valence-electron chi connectivity index (χ1n) is 5.43. The molecule has 0 saturated carbocycles. The Bertz CT molecular complexity index is 527. The van der Waals surface area contributed by atoms with Gasteiger partial charge in [0.15, 0.2) is 0 Å². The summed E-state index contributed by atoms with van der Waals surface area (Å²) < 4.78 is 12.7. The zero-order chi connectivity index (χ0) is 11.7. The van der Waals surface area contributed by atoms with E-state index in [4.69, 9.17) is 0 Å². The van der Waals surface area contributed by atoms with Gasteiger partial charge in [0, 0.05) is 10.6 Å². The molecule has 1 atom stereocenters. The van der Waals surface area contributed by atoms with E-state index < -0.39 is 5.95 Å². The summed E-state index contributed by atoms with van der Waals surface area (Å²) in [6, 6.07) is 11.7. The Kier molecular flexibility index (Phi) is 2.73. The summed E-state index contributed by atoms with van der Waals surface area (Å²) in [5, 5.41) is 3.37. The summed E-state index contributed by atoms with van der Waals surface area (Å²) in [6.07, 6.45) is 1.53. The van der Waals surface area contributed by atoms with Crippen molar-refractivity contribution in [1.82, 2.24) is 4.98 Å². The highest BCUT2D eigenvalue weighted by Crippen LogP contribution is 2.39. The van der Waals surface area contributed by atoms with E-state index in [0.29, 0.717) is 0 Å². The van der Waals surface area contributed by atoms with Gasteiger partial charge in [-0.3, -0.25) is 0 Å². The van der Waals surface area contributed by atoms with Gasteiger partial charge in [0.05, 0.1) is 17.9 Å². The van der Waals surface area contributed by atoms with Crippen LogP contribution in [-0.4, -0.2) is 10.7 Å². The predicted molar refractivity (Wildman–Crippen MR) is 67.7 cm³/mol. The normalized spacial score (nSPS) is 17.8. The van der Waals surface area contributed by atoms with Crippen LogP contribution in [0.25, 0.3) is 0 Å². The Labute approximate surface area is 103 Å². The van der Waals surface area contributed by atoms with Crippen molar-refractivity contribution in [2.75, 3.05) is 11.1 Å². The van der Waals surface area contributed by atoms with Gasteiger partial charge in [-0.2, -0.15) is 4.39 Å². The largest absolute Gasteiger partial charge is 0.376 e. The fraction of sp³-hybridized carbons (Fsp3) is 0.154. The minimum absolute atomic E-state index is 0.281. The van der Waals surface area contributed by atoms with Crippen LogP contribution in [-0.2, 0) is 0 Å². The highest BCUT2D eigenvalue weighted by Gasteiger charge is 2.22. The van der Waals surface area contributed by atoms with Crippen LogP contribution in [0.3, 0.4) is 0 Å². The van der Waals surface area contributed by atoms with E-state index in [-0.39, 0.29) is 6.04 Å². The van der Waals surface area contributed by atoms with Gasteiger partial charge in [-0.25, -0.2) is 4.98 Å². The fourth-order valence-corrected chi connectivity index (χ4v) is 3.11. The number of nitrogens with one attached hydrogen (secondary N) is 1. The lowest BCUT2D eigenvalue weighted by Gasteiger charge is -2.14. The molecule has 2 heterocycles. The fourth-order valence-electron chi connectivity index (χ4n) is 1.94. The number of hydrogen-bond donors (Lipinski definition) is 1. The van der Waals surface area contributed by atoms with Crippen LogP contribution in [0.2, 0.25) is 0 Å². The second-order valence-electron chi connectivity index (χ2n) is 3.92. The number of anilines is 1. The van der Waals surface area contributed by atoms with Gasteiger partial charge < -0.3 is 5.32 Å². The SMILES string of the molecule is Fc1ccc(NC2CSc3ccccc32)cn1. The molecule has 1 aliphatic heterocycles. The lowest BCUT2D eigenvalue weighted by molar-refractivity contribution is 0.584. The van der Waals surface area contributed by atoms with E-state index >= 15 is 0 Å². The quantitative estimate of drug-likeness (QED) is 0.821. The molecule has 1 unspecified atom stereocenters. The van der Waals surface area contributed by atoms with Gasteiger partial charge in [-0.1, -0.05) is 18.2 Å². The maximum absolute atomic E-state index is 12.7. The van der Waals surface area contributed by atoms with Crippen LogP contribution >= 0.6 is 11.8 Å². The Morgan fingerprint density at radius 3 is 2.94 bits per heavy atom. The van der Waals surface area contributed by atoms with Gasteiger partial charge in [0.2, 0.25) is 5.95 Å². The lowest BCUT2D eigenvalue weighted by atomic mass is 10.1.